The zero-order valence-corrected chi connectivity index (χ0v) is 17.4. The number of imidazole rings is 1. The highest BCUT2D eigenvalue weighted by Gasteiger charge is 2.15. The largest absolute Gasteiger partial charge is 0.494 e. The highest BCUT2D eigenvalue weighted by molar-refractivity contribution is 7.98. The Morgan fingerprint density at radius 3 is 2.72 bits per heavy atom. The maximum Gasteiger partial charge on any atom is 0.338 e. The van der Waals surface area contributed by atoms with E-state index in [1.54, 1.807) is 32.2 Å². The number of benzene rings is 2. The average Bonchev–Trinajstić information content (AvgIpc) is 3.07. The van der Waals surface area contributed by atoms with Gasteiger partial charge in [-0.05, 0) is 42.8 Å². The van der Waals surface area contributed by atoms with Gasteiger partial charge in [0.05, 0.1) is 36.9 Å². The van der Waals surface area contributed by atoms with Crippen LogP contribution in [-0.4, -0.2) is 43.0 Å². The summed E-state index contributed by atoms with van der Waals surface area (Å²) in [6.45, 7) is 3.23. The van der Waals surface area contributed by atoms with Gasteiger partial charge in [-0.3, -0.25) is 0 Å². The molecule has 0 saturated heterocycles. The normalized spacial score (nSPS) is 11.0. The van der Waals surface area contributed by atoms with Gasteiger partial charge in [0.1, 0.15) is 0 Å². The summed E-state index contributed by atoms with van der Waals surface area (Å²) in [6, 6.07) is 10.2. The number of esters is 1. The Kier molecular flexibility index (Phi) is 7.11. The van der Waals surface area contributed by atoms with E-state index in [1.807, 2.05) is 16.7 Å². The van der Waals surface area contributed by atoms with Crippen LogP contribution in [0.2, 0.25) is 0 Å². The van der Waals surface area contributed by atoms with E-state index in [2.05, 4.69) is 4.98 Å². The van der Waals surface area contributed by atoms with Crippen molar-refractivity contribution in [3.05, 3.63) is 53.3 Å². The lowest BCUT2D eigenvalue weighted by molar-refractivity contribution is 0.0526. The molecule has 0 spiro atoms. The minimum absolute atomic E-state index is 0.220. The first-order valence-electron chi connectivity index (χ1n) is 9.19. The van der Waals surface area contributed by atoms with Gasteiger partial charge < -0.3 is 18.8 Å². The third kappa shape index (κ3) is 4.89. The number of rotatable bonds is 9. The lowest BCUT2D eigenvalue weighted by Gasteiger charge is -2.09. The number of methoxy groups -OCH3 is 2. The summed E-state index contributed by atoms with van der Waals surface area (Å²) in [6.07, 6.45) is 0. The lowest BCUT2D eigenvalue weighted by Crippen LogP contribution is -2.06. The molecule has 0 aliphatic heterocycles. The third-order valence-electron chi connectivity index (χ3n) is 4.33. The summed E-state index contributed by atoms with van der Waals surface area (Å²) in [5.74, 6) is 0.000913. The van der Waals surface area contributed by atoms with E-state index in [1.165, 1.54) is 24.9 Å². The number of fused-ring (bicyclic) bond motifs is 1. The van der Waals surface area contributed by atoms with Gasteiger partial charge in [-0.15, -0.1) is 0 Å². The zero-order valence-electron chi connectivity index (χ0n) is 16.6. The second-order valence-corrected chi connectivity index (χ2v) is 7.16. The van der Waals surface area contributed by atoms with Crippen LogP contribution in [0.5, 0.6) is 5.75 Å². The highest BCUT2D eigenvalue weighted by Crippen LogP contribution is 2.29. The Morgan fingerprint density at radius 1 is 1.21 bits per heavy atom. The zero-order chi connectivity index (χ0) is 20.8. The fourth-order valence-electron chi connectivity index (χ4n) is 2.91. The van der Waals surface area contributed by atoms with Gasteiger partial charge in [0.15, 0.2) is 16.7 Å². The summed E-state index contributed by atoms with van der Waals surface area (Å²) >= 11 is 1.50. The molecule has 0 aliphatic carbocycles. The van der Waals surface area contributed by atoms with E-state index < -0.39 is 5.82 Å². The highest BCUT2D eigenvalue weighted by atomic mass is 32.2. The van der Waals surface area contributed by atoms with Crippen LogP contribution in [-0.2, 0) is 21.8 Å². The number of nitrogens with zero attached hydrogens (tertiary/aromatic N) is 2. The van der Waals surface area contributed by atoms with Gasteiger partial charge in [-0.25, -0.2) is 14.2 Å². The van der Waals surface area contributed by atoms with Crippen molar-refractivity contribution < 1.29 is 23.4 Å². The topological polar surface area (TPSA) is 62.6 Å². The number of hydrogen-bond donors (Lipinski definition) is 0. The second-order valence-electron chi connectivity index (χ2n) is 6.22. The van der Waals surface area contributed by atoms with E-state index in [0.717, 1.165) is 16.2 Å². The van der Waals surface area contributed by atoms with E-state index >= 15 is 0 Å². The Hall–Kier alpha value is -2.58. The van der Waals surface area contributed by atoms with Crippen LogP contribution < -0.4 is 4.74 Å². The minimum atomic E-state index is -0.391. The van der Waals surface area contributed by atoms with Crippen LogP contribution in [0.4, 0.5) is 4.39 Å². The lowest BCUT2D eigenvalue weighted by atomic mass is 10.2. The van der Waals surface area contributed by atoms with Gasteiger partial charge in [-0.2, -0.15) is 0 Å². The maximum absolute atomic E-state index is 14.0. The van der Waals surface area contributed by atoms with Crippen molar-refractivity contribution in [3.63, 3.8) is 0 Å². The van der Waals surface area contributed by atoms with Gasteiger partial charge in [0.2, 0.25) is 0 Å². The molecule has 0 aliphatic rings. The molecule has 0 amide bonds. The standard InChI is InChI=1S/C21H23FN2O4S/c1-4-28-20(25)15-6-7-18-17(12-15)23-21(24(18)9-10-26-2)29-13-14-5-8-19(27-3)16(22)11-14/h5-8,11-12H,4,9-10,13H2,1-3H3. The number of aromatic nitrogens is 2. The van der Waals surface area contributed by atoms with Gasteiger partial charge >= 0.3 is 5.97 Å². The number of hydrogen-bond acceptors (Lipinski definition) is 6. The second kappa shape index (κ2) is 9.76. The van der Waals surface area contributed by atoms with Crippen LogP contribution in [0.25, 0.3) is 11.0 Å². The van der Waals surface area contributed by atoms with Gasteiger partial charge in [0.25, 0.3) is 0 Å². The quantitative estimate of drug-likeness (QED) is 0.381. The third-order valence-corrected chi connectivity index (χ3v) is 5.38. The molecule has 29 heavy (non-hydrogen) atoms. The van der Waals surface area contributed by atoms with Crippen molar-refractivity contribution in [2.75, 3.05) is 27.4 Å². The van der Waals surface area contributed by atoms with Crippen LogP contribution in [0, 0.1) is 5.82 Å². The molecule has 0 fully saturated rings. The maximum atomic E-state index is 14.0. The van der Waals surface area contributed by atoms with Crippen LogP contribution in [0.15, 0.2) is 41.6 Å². The van der Waals surface area contributed by atoms with E-state index in [4.69, 9.17) is 14.2 Å². The molecule has 3 rings (SSSR count). The van der Waals surface area contributed by atoms with Crippen molar-refractivity contribution >= 4 is 28.8 Å². The molecule has 0 radical (unpaired) electrons. The van der Waals surface area contributed by atoms with Crippen molar-refractivity contribution in [2.45, 2.75) is 24.4 Å². The Morgan fingerprint density at radius 2 is 2.03 bits per heavy atom. The van der Waals surface area contributed by atoms with E-state index in [0.29, 0.717) is 36.6 Å². The fraction of sp³-hybridized carbons (Fsp3) is 0.333. The van der Waals surface area contributed by atoms with E-state index in [9.17, 15) is 9.18 Å². The van der Waals surface area contributed by atoms with Crippen LogP contribution >= 0.6 is 11.8 Å². The minimum Gasteiger partial charge on any atom is -0.494 e. The number of ether oxygens (including phenoxy) is 3. The summed E-state index contributed by atoms with van der Waals surface area (Å²) in [7, 11) is 3.08. The monoisotopic (exact) mass is 418 g/mol. The summed E-state index contributed by atoms with van der Waals surface area (Å²) < 4.78 is 31.3. The molecular formula is C21H23FN2O4S. The number of carbonyl (C=O) groups is 1. The van der Waals surface area contributed by atoms with Gasteiger partial charge in [0, 0.05) is 19.4 Å². The first kappa shape index (κ1) is 21.1. The number of halogens is 1. The van der Waals surface area contributed by atoms with Crippen LogP contribution in [0.1, 0.15) is 22.8 Å². The molecule has 6 nitrogen and oxygen atoms in total. The molecule has 3 aromatic rings. The predicted octanol–water partition coefficient (Wildman–Crippen LogP) is 4.30. The Labute approximate surface area is 173 Å². The van der Waals surface area contributed by atoms with Crippen LogP contribution in [0.3, 0.4) is 0 Å². The molecular weight excluding hydrogens is 395 g/mol. The van der Waals surface area contributed by atoms with E-state index in [-0.39, 0.29) is 11.7 Å². The predicted molar refractivity (Wildman–Crippen MR) is 110 cm³/mol. The molecule has 1 heterocycles. The Bertz CT molecular complexity index is 1010. The molecule has 154 valence electrons. The Balaban J connectivity index is 1.88. The fourth-order valence-corrected chi connectivity index (χ4v) is 3.89. The number of thioether (sulfide) groups is 1. The molecule has 8 heteroatoms. The van der Waals surface area contributed by atoms with Crippen molar-refractivity contribution in [1.29, 1.82) is 0 Å². The molecule has 2 aromatic carbocycles. The first-order valence-corrected chi connectivity index (χ1v) is 10.2. The van der Waals surface area contributed by atoms with Crippen molar-refractivity contribution in [2.24, 2.45) is 0 Å². The molecule has 0 N–H and O–H groups in total. The van der Waals surface area contributed by atoms with Gasteiger partial charge in [-0.1, -0.05) is 17.8 Å². The molecule has 0 unspecified atom stereocenters. The van der Waals surface area contributed by atoms with Crippen molar-refractivity contribution in [3.8, 4) is 5.75 Å². The SMILES string of the molecule is CCOC(=O)c1ccc2c(c1)nc(SCc1ccc(OC)c(F)c1)n2CCOC. The molecule has 0 saturated carbocycles. The smallest absolute Gasteiger partial charge is 0.338 e. The summed E-state index contributed by atoms with van der Waals surface area (Å²) in [5, 5.41) is 0.772. The first-order chi connectivity index (χ1) is 14.1. The molecule has 0 atom stereocenters. The summed E-state index contributed by atoms with van der Waals surface area (Å²) in [4.78, 5) is 16.7. The average molecular weight is 418 g/mol. The summed E-state index contributed by atoms with van der Waals surface area (Å²) in [5.41, 5.74) is 2.89. The molecule has 1 aromatic heterocycles. The van der Waals surface area contributed by atoms with Crippen molar-refractivity contribution in [1.82, 2.24) is 9.55 Å². The number of carbonyl (C=O) groups excluding carboxylic acids is 1. The molecule has 0 bridgehead atoms.